The molecule has 170 valence electrons. The first-order valence-corrected chi connectivity index (χ1v) is 11.0. The van der Waals surface area contributed by atoms with E-state index in [1.165, 1.54) is 5.56 Å². The lowest BCUT2D eigenvalue weighted by Gasteiger charge is -2.36. The van der Waals surface area contributed by atoms with E-state index in [0.717, 1.165) is 69.5 Å². The van der Waals surface area contributed by atoms with E-state index in [1.54, 1.807) is 0 Å². The number of aromatic nitrogens is 3. The number of hydrogen-bond acceptors (Lipinski definition) is 4. The number of rotatable bonds is 7. The fourth-order valence-corrected chi connectivity index (χ4v) is 3.88. The van der Waals surface area contributed by atoms with E-state index >= 15 is 0 Å². The van der Waals surface area contributed by atoms with Gasteiger partial charge in [-0.3, -0.25) is 14.3 Å². The monoisotopic (exact) mass is 545 g/mol. The van der Waals surface area contributed by atoms with Gasteiger partial charge in [0.05, 0.1) is 0 Å². The maximum absolute atomic E-state index is 4.49. The van der Waals surface area contributed by atoms with Crippen molar-refractivity contribution in [2.75, 3.05) is 46.3 Å². The van der Waals surface area contributed by atoms with Crippen LogP contribution in [0.25, 0.3) is 11.7 Å². The van der Waals surface area contributed by atoms with Gasteiger partial charge in [0.2, 0.25) is 0 Å². The van der Waals surface area contributed by atoms with E-state index in [9.17, 15) is 0 Å². The van der Waals surface area contributed by atoms with Crippen LogP contribution in [0.15, 0.2) is 65.8 Å². The van der Waals surface area contributed by atoms with Gasteiger partial charge in [0.15, 0.2) is 11.6 Å². The second-order valence-electron chi connectivity index (χ2n) is 7.72. The largest absolute Gasteiger partial charge is 0.356 e. The van der Waals surface area contributed by atoms with Crippen LogP contribution in [0.3, 0.4) is 0 Å². The molecule has 3 heterocycles. The van der Waals surface area contributed by atoms with Crippen LogP contribution in [0, 0.1) is 0 Å². The molecule has 0 aliphatic carbocycles. The van der Waals surface area contributed by atoms with Crippen LogP contribution in [0.2, 0.25) is 0 Å². The van der Waals surface area contributed by atoms with Gasteiger partial charge in [-0.05, 0) is 24.1 Å². The zero-order valence-electron chi connectivity index (χ0n) is 18.6. The molecule has 0 saturated carbocycles. The van der Waals surface area contributed by atoms with E-state index in [0.29, 0.717) is 0 Å². The summed E-state index contributed by atoms with van der Waals surface area (Å²) in [6.07, 6.45) is 8.35. The highest BCUT2D eigenvalue weighted by Crippen LogP contribution is 2.06. The summed E-state index contributed by atoms with van der Waals surface area (Å²) in [5.74, 6) is 2.00. The second kappa shape index (κ2) is 12.5. The molecule has 1 aliphatic rings. The zero-order valence-corrected chi connectivity index (χ0v) is 20.9. The standard InChI is InChI=1S/C24H31N7.HI/c1-25-24(26-14-7-13-23-28-27-22-12-5-6-16-31(22)23)30-19-17-29(18-20-30)15-8-11-21-9-3-2-4-10-21;/h2-6,8-12,16H,7,13-15,17-20H2,1H3,(H,25,26);1H/b11-8+;. The van der Waals surface area contributed by atoms with Crippen LogP contribution >= 0.6 is 24.0 Å². The number of piperazine rings is 1. The Kier molecular flexibility index (Phi) is 9.48. The van der Waals surface area contributed by atoms with Crippen LogP contribution in [-0.4, -0.2) is 76.7 Å². The molecule has 0 radical (unpaired) electrons. The number of aryl methyl sites for hydroxylation is 1. The Morgan fingerprint density at radius 3 is 2.59 bits per heavy atom. The number of halogens is 1. The summed E-state index contributed by atoms with van der Waals surface area (Å²) in [5.41, 5.74) is 2.16. The summed E-state index contributed by atoms with van der Waals surface area (Å²) < 4.78 is 2.06. The number of aliphatic imine (C=N–C) groups is 1. The van der Waals surface area contributed by atoms with Crippen molar-refractivity contribution >= 4 is 41.7 Å². The number of guanidine groups is 1. The molecule has 1 saturated heterocycles. The first-order chi connectivity index (χ1) is 15.3. The molecule has 4 rings (SSSR count). The van der Waals surface area contributed by atoms with Crippen LogP contribution in [0.5, 0.6) is 0 Å². The quantitative estimate of drug-likeness (QED) is 0.214. The Bertz CT molecular complexity index is 1010. The van der Waals surface area contributed by atoms with Gasteiger partial charge in [-0.15, -0.1) is 34.2 Å². The van der Waals surface area contributed by atoms with E-state index in [1.807, 2.05) is 37.5 Å². The van der Waals surface area contributed by atoms with Gasteiger partial charge in [-0.1, -0.05) is 48.6 Å². The Hall–Kier alpha value is -2.46. The molecule has 8 heteroatoms. The summed E-state index contributed by atoms with van der Waals surface area (Å²) in [6, 6.07) is 16.4. The number of nitrogens with one attached hydrogen (secondary N) is 1. The van der Waals surface area contributed by atoms with E-state index < -0.39 is 0 Å². The molecule has 0 amide bonds. The molecule has 3 aromatic rings. The van der Waals surface area contributed by atoms with Gasteiger partial charge in [-0.2, -0.15) is 0 Å². The minimum absolute atomic E-state index is 0. The fraction of sp³-hybridized carbons (Fsp3) is 0.375. The molecule has 32 heavy (non-hydrogen) atoms. The molecule has 1 aliphatic heterocycles. The van der Waals surface area contributed by atoms with Gasteiger partial charge in [-0.25, -0.2) is 0 Å². The van der Waals surface area contributed by atoms with Crippen molar-refractivity contribution in [1.29, 1.82) is 0 Å². The smallest absolute Gasteiger partial charge is 0.193 e. The minimum Gasteiger partial charge on any atom is -0.356 e. The number of nitrogens with zero attached hydrogens (tertiary/aromatic N) is 6. The highest BCUT2D eigenvalue weighted by molar-refractivity contribution is 14.0. The molecule has 7 nitrogen and oxygen atoms in total. The van der Waals surface area contributed by atoms with Crippen LogP contribution in [0.4, 0.5) is 0 Å². The first kappa shape index (κ1) is 24.2. The summed E-state index contributed by atoms with van der Waals surface area (Å²) in [6.45, 7) is 5.94. The van der Waals surface area contributed by atoms with Crippen molar-refractivity contribution in [1.82, 2.24) is 29.7 Å². The first-order valence-electron chi connectivity index (χ1n) is 11.0. The Morgan fingerprint density at radius 2 is 1.81 bits per heavy atom. The molecular formula is C24H32IN7. The van der Waals surface area contributed by atoms with E-state index in [4.69, 9.17) is 0 Å². The van der Waals surface area contributed by atoms with Gasteiger partial charge in [0.25, 0.3) is 0 Å². The van der Waals surface area contributed by atoms with Crippen LogP contribution in [0.1, 0.15) is 17.8 Å². The third kappa shape index (κ3) is 6.52. The average molecular weight is 545 g/mol. The SMILES string of the molecule is CN=C(NCCCc1nnc2ccccn12)N1CCN(C/C=C/c2ccccc2)CC1.I. The number of pyridine rings is 1. The van der Waals surface area contributed by atoms with Gasteiger partial charge in [0.1, 0.15) is 5.82 Å². The summed E-state index contributed by atoms with van der Waals surface area (Å²) in [7, 11) is 1.86. The van der Waals surface area contributed by atoms with Gasteiger partial charge in [0, 0.05) is 58.9 Å². The molecule has 0 atom stereocenters. The molecule has 0 spiro atoms. The number of fused-ring (bicyclic) bond motifs is 1. The van der Waals surface area contributed by atoms with Crippen molar-refractivity contribution in [2.45, 2.75) is 12.8 Å². The molecular weight excluding hydrogens is 513 g/mol. The highest BCUT2D eigenvalue weighted by atomic mass is 127. The highest BCUT2D eigenvalue weighted by Gasteiger charge is 2.18. The van der Waals surface area contributed by atoms with E-state index in [2.05, 4.69) is 71.1 Å². The zero-order chi connectivity index (χ0) is 21.3. The van der Waals surface area contributed by atoms with Crippen LogP contribution in [-0.2, 0) is 6.42 Å². The van der Waals surface area contributed by atoms with Crippen molar-refractivity contribution in [3.05, 3.63) is 72.2 Å². The van der Waals surface area contributed by atoms with Gasteiger partial charge >= 0.3 is 0 Å². The lowest BCUT2D eigenvalue weighted by molar-refractivity contribution is 0.194. The third-order valence-corrected chi connectivity index (χ3v) is 5.60. The summed E-state index contributed by atoms with van der Waals surface area (Å²) in [4.78, 5) is 9.33. The van der Waals surface area contributed by atoms with Crippen molar-refractivity contribution in [3.8, 4) is 0 Å². The molecule has 1 fully saturated rings. The number of benzene rings is 1. The fourth-order valence-electron chi connectivity index (χ4n) is 3.88. The van der Waals surface area contributed by atoms with E-state index in [-0.39, 0.29) is 24.0 Å². The summed E-state index contributed by atoms with van der Waals surface area (Å²) in [5, 5.41) is 12.0. The number of hydrogen-bond donors (Lipinski definition) is 1. The summed E-state index contributed by atoms with van der Waals surface area (Å²) >= 11 is 0. The minimum atomic E-state index is 0. The Morgan fingerprint density at radius 1 is 1.03 bits per heavy atom. The molecule has 1 N–H and O–H groups in total. The topological polar surface area (TPSA) is 61.1 Å². The normalized spacial score (nSPS) is 15.3. The molecule has 1 aromatic carbocycles. The molecule has 2 aromatic heterocycles. The van der Waals surface area contributed by atoms with Crippen LogP contribution < -0.4 is 5.32 Å². The van der Waals surface area contributed by atoms with Gasteiger partial charge < -0.3 is 10.2 Å². The third-order valence-electron chi connectivity index (χ3n) is 5.60. The van der Waals surface area contributed by atoms with Crippen molar-refractivity contribution in [3.63, 3.8) is 0 Å². The maximum atomic E-state index is 4.49. The Balaban J connectivity index is 0.00000289. The predicted molar refractivity (Wildman–Crippen MR) is 142 cm³/mol. The molecule has 0 bridgehead atoms. The van der Waals surface area contributed by atoms with Crippen molar-refractivity contribution < 1.29 is 0 Å². The predicted octanol–water partition coefficient (Wildman–Crippen LogP) is 3.19. The average Bonchev–Trinajstić information content (AvgIpc) is 3.24. The second-order valence-corrected chi connectivity index (χ2v) is 7.72. The lowest BCUT2D eigenvalue weighted by Crippen LogP contribution is -2.52. The Labute approximate surface area is 207 Å². The lowest BCUT2D eigenvalue weighted by atomic mass is 10.2. The molecule has 0 unspecified atom stereocenters. The maximum Gasteiger partial charge on any atom is 0.193 e. The van der Waals surface area contributed by atoms with Crippen molar-refractivity contribution in [2.24, 2.45) is 4.99 Å².